The first-order valence-corrected chi connectivity index (χ1v) is 5.60. The zero-order chi connectivity index (χ0) is 11.2. The summed E-state index contributed by atoms with van der Waals surface area (Å²) in [5.74, 6) is 1.70. The van der Waals surface area contributed by atoms with Gasteiger partial charge in [-0.05, 0) is 37.1 Å². The van der Waals surface area contributed by atoms with E-state index >= 15 is 0 Å². The predicted molar refractivity (Wildman–Crippen MR) is 63.7 cm³/mol. The Kier molecular flexibility index (Phi) is 3.83. The van der Waals surface area contributed by atoms with Gasteiger partial charge in [0.05, 0.1) is 0 Å². The van der Waals surface area contributed by atoms with E-state index in [2.05, 4.69) is 18.0 Å². The van der Waals surface area contributed by atoms with E-state index in [4.69, 9.17) is 9.47 Å². The summed E-state index contributed by atoms with van der Waals surface area (Å²) >= 11 is 0. The Morgan fingerprint density at radius 1 is 1.31 bits per heavy atom. The van der Waals surface area contributed by atoms with Crippen molar-refractivity contribution in [3.05, 3.63) is 36.4 Å². The third kappa shape index (κ3) is 2.76. The maximum Gasteiger partial charge on any atom is 0.231 e. The highest BCUT2D eigenvalue weighted by molar-refractivity contribution is 5.44. The minimum absolute atomic E-state index is 0.339. The topological polar surface area (TPSA) is 30.5 Å². The monoisotopic (exact) mass is 219 g/mol. The first-order valence-electron chi connectivity index (χ1n) is 5.60. The lowest BCUT2D eigenvalue weighted by Gasteiger charge is -2.04. The van der Waals surface area contributed by atoms with Crippen LogP contribution in [0, 0.1) is 0 Å². The van der Waals surface area contributed by atoms with Gasteiger partial charge in [-0.25, -0.2) is 0 Å². The number of rotatable bonds is 6. The van der Waals surface area contributed by atoms with Gasteiger partial charge in [0.25, 0.3) is 0 Å². The molecule has 0 radical (unpaired) electrons. The second kappa shape index (κ2) is 5.56. The summed E-state index contributed by atoms with van der Waals surface area (Å²) < 4.78 is 10.6. The zero-order valence-corrected chi connectivity index (χ0v) is 9.37. The van der Waals surface area contributed by atoms with Crippen LogP contribution in [0.4, 0.5) is 0 Å². The van der Waals surface area contributed by atoms with Crippen LogP contribution in [0.5, 0.6) is 11.5 Å². The predicted octanol–water partition coefficient (Wildman–Crippen LogP) is 2.47. The van der Waals surface area contributed by atoms with Gasteiger partial charge in [0.1, 0.15) is 0 Å². The standard InChI is InChI=1S/C13H17NO2/c1-2-3-4-7-14-9-11-5-6-12-13(8-11)16-10-15-12/h2,5-6,8,14H,1,3-4,7,9-10H2. The molecule has 3 heteroatoms. The molecule has 0 unspecified atom stereocenters. The number of hydrogen-bond donors (Lipinski definition) is 1. The molecule has 1 N–H and O–H groups in total. The Hall–Kier alpha value is -1.48. The van der Waals surface area contributed by atoms with Crippen molar-refractivity contribution in [3.63, 3.8) is 0 Å². The summed E-state index contributed by atoms with van der Waals surface area (Å²) in [4.78, 5) is 0. The molecule has 0 aliphatic carbocycles. The summed E-state index contributed by atoms with van der Waals surface area (Å²) in [6.07, 6.45) is 4.14. The number of unbranched alkanes of at least 4 members (excludes halogenated alkanes) is 1. The van der Waals surface area contributed by atoms with Gasteiger partial charge in [-0.2, -0.15) is 0 Å². The summed E-state index contributed by atoms with van der Waals surface area (Å²) in [6.45, 7) is 5.92. The Bertz CT molecular complexity index is 363. The quantitative estimate of drug-likeness (QED) is 0.589. The second-order valence-electron chi connectivity index (χ2n) is 3.80. The highest BCUT2D eigenvalue weighted by atomic mass is 16.7. The van der Waals surface area contributed by atoms with Crippen molar-refractivity contribution in [2.45, 2.75) is 19.4 Å². The van der Waals surface area contributed by atoms with Crippen LogP contribution in [0.25, 0.3) is 0 Å². The minimum Gasteiger partial charge on any atom is -0.454 e. The first-order chi connectivity index (χ1) is 7.90. The highest BCUT2D eigenvalue weighted by Gasteiger charge is 2.12. The lowest BCUT2D eigenvalue weighted by molar-refractivity contribution is 0.174. The molecule has 0 amide bonds. The van der Waals surface area contributed by atoms with E-state index < -0.39 is 0 Å². The van der Waals surface area contributed by atoms with Crippen molar-refractivity contribution in [1.29, 1.82) is 0 Å². The molecule has 0 spiro atoms. The summed E-state index contributed by atoms with van der Waals surface area (Å²) in [5.41, 5.74) is 1.22. The van der Waals surface area contributed by atoms with Crippen molar-refractivity contribution in [1.82, 2.24) is 5.32 Å². The lowest BCUT2D eigenvalue weighted by atomic mass is 10.2. The van der Waals surface area contributed by atoms with Gasteiger partial charge in [0, 0.05) is 6.54 Å². The van der Waals surface area contributed by atoms with Crippen molar-refractivity contribution >= 4 is 0 Å². The molecule has 0 saturated carbocycles. The van der Waals surface area contributed by atoms with Gasteiger partial charge in [-0.3, -0.25) is 0 Å². The summed E-state index contributed by atoms with van der Waals surface area (Å²) in [7, 11) is 0. The Morgan fingerprint density at radius 2 is 2.19 bits per heavy atom. The molecule has 1 aromatic rings. The van der Waals surface area contributed by atoms with E-state index in [0.717, 1.165) is 37.4 Å². The molecule has 1 heterocycles. The molecule has 86 valence electrons. The van der Waals surface area contributed by atoms with E-state index in [0.29, 0.717) is 6.79 Å². The molecular weight excluding hydrogens is 202 g/mol. The minimum atomic E-state index is 0.339. The van der Waals surface area contributed by atoms with Gasteiger partial charge in [0.2, 0.25) is 6.79 Å². The second-order valence-corrected chi connectivity index (χ2v) is 3.80. The van der Waals surface area contributed by atoms with Crippen LogP contribution in [0.15, 0.2) is 30.9 Å². The van der Waals surface area contributed by atoms with Gasteiger partial charge in [-0.15, -0.1) is 6.58 Å². The Labute approximate surface area is 96.1 Å². The van der Waals surface area contributed by atoms with Crippen molar-refractivity contribution in [2.75, 3.05) is 13.3 Å². The lowest BCUT2D eigenvalue weighted by Crippen LogP contribution is -2.14. The number of hydrogen-bond acceptors (Lipinski definition) is 3. The maximum atomic E-state index is 5.32. The van der Waals surface area contributed by atoms with E-state index in [9.17, 15) is 0 Å². The van der Waals surface area contributed by atoms with Crippen LogP contribution in [-0.4, -0.2) is 13.3 Å². The number of fused-ring (bicyclic) bond motifs is 1. The fourth-order valence-electron chi connectivity index (χ4n) is 1.66. The molecule has 2 rings (SSSR count). The van der Waals surface area contributed by atoms with Crippen molar-refractivity contribution in [3.8, 4) is 11.5 Å². The van der Waals surface area contributed by atoms with E-state index in [1.807, 2.05) is 18.2 Å². The molecule has 3 nitrogen and oxygen atoms in total. The van der Waals surface area contributed by atoms with Crippen LogP contribution in [0.2, 0.25) is 0 Å². The number of benzene rings is 1. The van der Waals surface area contributed by atoms with Crippen LogP contribution >= 0.6 is 0 Å². The molecular formula is C13H17NO2. The maximum absolute atomic E-state index is 5.32. The molecule has 1 aliphatic heterocycles. The third-order valence-corrected chi connectivity index (χ3v) is 2.53. The average molecular weight is 219 g/mol. The SMILES string of the molecule is C=CCCCNCc1ccc2c(c1)OCO2. The number of allylic oxidation sites excluding steroid dienone is 1. The molecule has 0 atom stereocenters. The molecule has 1 aromatic carbocycles. The smallest absolute Gasteiger partial charge is 0.231 e. The molecule has 0 aromatic heterocycles. The normalized spacial score (nSPS) is 12.8. The van der Waals surface area contributed by atoms with Crippen LogP contribution in [0.1, 0.15) is 18.4 Å². The van der Waals surface area contributed by atoms with E-state index in [1.165, 1.54) is 5.56 Å². The number of ether oxygens (including phenoxy) is 2. The molecule has 0 bridgehead atoms. The average Bonchev–Trinajstić information content (AvgIpc) is 2.76. The zero-order valence-electron chi connectivity index (χ0n) is 9.37. The Morgan fingerprint density at radius 3 is 3.06 bits per heavy atom. The molecule has 16 heavy (non-hydrogen) atoms. The van der Waals surface area contributed by atoms with Crippen molar-refractivity contribution < 1.29 is 9.47 Å². The van der Waals surface area contributed by atoms with Crippen molar-refractivity contribution in [2.24, 2.45) is 0 Å². The molecule has 0 fully saturated rings. The van der Waals surface area contributed by atoms with Gasteiger partial charge < -0.3 is 14.8 Å². The number of nitrogens with one attached hydrogen (secondary N) is 1. The molecule has 0 saturated heterocycles. The van der Waals surface area contributed by atoms with E-state index in [-0.39, 0.29) is 0 Å². The van der Waals surface area contributed by atoms with E-state index in [1.54, 1.807) is 0 Å². The van der Waals surface area contributed by atoms with Crippen LogP contribution < -0.4 is 14.8 Å². The summed E-state index contributed by atoms with van der Waals surface area (Å²) in [5, 5.41) is 3.38. The summed E-state index contributed by atoms with van der Waals surface area (Å²) in [6, 6.07) is 6.06. The van der Waals surface area contributed by atoms with Gasteiger partial charge >= 0.3 is 0 Å². The van der Waals surface area contributed by atoms with Crippen LogP contribution in [0.3, 0.4) is 0 Å². The fourth-order valence-corrected chi connectivity index (χ4v) is 1.66. The Balaban J connectivity index is 1.79. The van der Waals surface area contributed by atoms with Gasteiger partial charge in [-0.1, -0.05) is 12.1 Å². The highest BCUT2D eigenvalue weighted by Crippen LogP contribution is 2.32. The van der Waals surface area contributed by atoms with Gasteiger partial charge in [0.15, 0.2) is 11.5 Å². The first kappa shape index (κ1) is 11.0. The molecule has 1 aliphatic rings. The van der Waals surface area contributed by atoms with Crippen LogP contribution in [-0.2, 0) is 6.54 Å². The fraction of sp³-hybridized carbons (Fsp3) is 0.385. The third-order valence-electron chi connectivity index (χ3n) is 2.53. The largest absolute Gasteiger partial charge is 0.454 e.